The molecule has 208 valence electrons. The molecule has 1 heterocycles. The van der Waals surface area contributed by atoms with Gasteiger partial charge in [-0.2, -0.15) is 26.3 Å². The van der Waals surface area contributed by atoms with Crippen LogP contribution in [0.2, 0.25) is 0 Å². The molecule has 1 unspecified atom stereocenters. The van der Waals surface area contributed by atoms with E-state index in [1.165, 1.54) is 6.92 Å². The van der Waals surface area contributed by atoms with E-state index >= 15 is 0 Å². The van der Waals surface area contributed by atoms with E-state index in [-0.39, 0.29) is 37.0 Å². The summed E-state index contributed by atoms with van der Waals surface area (Å²) >= 11 is 0. The molecule has 38 heavy (non-hydrogen) atoms. The number of ether oxygens (including phenoxy) is 1. The number of unbranched alkanes of at least 4 members (excludes halogenated alkanes) is 2. The molecule has 0 aliphatic carbocycles. The molecule has 1 fully saturated rings. The first kappa shape index (κ1) is 29.5. The topological polar surface area (TPSA) is 67.4 Å². The van der Waals surface area contributed by atoms with E-state index in [0.717, 1.165) is 12.8 Å². The van der Waals surface area contributed by atoms with E-state index in [2.05, 4.69) is 10.6 Å². The van der Waals surface area contributed by atoms with E-state index in [1.807, 2.05) is 6.92 Å². The van der Waals surface area contributed by atoms with Crippen molar-refractivity contribution in [3.63, 3.8) is 0 Å². The molecule has 1 saturated heterocycles. The van der Waals surface area contributed by atoms with Crippen molar-refractivity contribution >= 4 is 11.8 Å². The number of carbonyl (C=O) groups is 2. The highest BCUT2D eigenvalue weighted by atomic mass is 19.4. The van der Waals surface area contributed by atoms with Crippen LogP contribution in [0.4, 0.5) is 26.3 Å². The molecule has 0 spiro atoms. The average Bonchev–Trinajstić information content (AvgIpc) is 3.17. The van der Waals surface area contributed by atoms with Gasteiger partial charge in [-0.05, 0) is 42.7 Å². The van der Waals surface area contributed by atoms with Crippen LogP contribution in [0, 0.1) is 0 Å². The van der Waals surface area contributed by atoms with Crippen LogP contribution >= 0.6 is 0 Å². The van der Waals surface area contributed by atoms with Gasteiger partial charge in [0, 0.05) is 12.8 Å². The highest BCUT2D eigenvalue weighted by molar-refractivity contribution is 5.90. The molecule has 2 aromatic rings. The molecule has 1 aliphatic rings. The Hall–Kier alpha value is -3.08. The molecule has 0 saturated carbocycles. The number of rotatable bonds is 10. The molecule has 0 aromatic heterocycles. The zero-order valence-electron chi connectivity index (χ0n) is 21.0. The minimum Gasteiger partial charge on any atom is -0.371 e. The number of hydrogen-bond acceptors (Lipinski definition) is 3. The molecule has 2 aromatic carbocycles. The molecule has 0 radical (unpaired) electrons. The molecule has 0 bridgehead atoms. The molecule has 2 N–H and O–H groups in total. The van der Waals surface area contributed by atoms with Gasteiger partial charge in [0.15, 0.2) is 0 Å². The molecule has 3 rings (SSSR count). The van der Waals surface area contributed by atoms with E-state index in [1.54, 1.807) is 30.3 Å². The van der Waals surface area contributed by atoms with Crippen LogP contribution < -0.4 is 10.6 Å². The fraction of sp³-hybridized carbons (Fsp3) is 0.481. The SMILES string of the molecule is CCCCCC(=O)NC1C[C@@](CO[C@H](C)c2cc(C(F)(F)F)cc(C(F)(F)F)c2)(c2ccccc2)NC1=O. The molecule has 1 aliphatic heterocycles. The third-order valence-electron chi connectivity index (χ3n) is 6.56. The molecule has 11 heteroatoms. The number of alkyl halides is 6. The Labute approximate surface area is 216 Å². The van der Waals surface area contributed by atoms with Gasteiger partial charge in [0.25, 0.3) is 0 Å². The number of carbonyl (C=O) groups excluding carboxylic acids is 2. The maximum atomic E-state index is 13.3. The molecule has 3 atom stereocenters. The molecular formula is C27H30F6N2O3. The Balaban J connectivity index is 1.84. The quantitative estimate of drug-likeness (QED) is 0.273. The van der Waals surface area contributed by atoms with Crippen LogP contribution in [0.15, 0.2) is 48.5 Å². The van der Waals surface area contributed by atoms with Crippen LogP contribution in [0.1, 0.15) is 74.3 Å². The zero-order chi connectivity index (χ0) is 28.1. The maximum Gasteiger partial charge on any atom is 0.416 e. The predicted molar refractivity (Wildman–Crippen MR) is 128 cm³/mol. The van der Waals surface area contributed by atoms with Crippen LogP contribution in [0.3, 0.4) is 0 Å². The maximum absolute atomic E-state index is 13.3. The summed E-state index contributed by atoms with van der Waals surface area (Å²) in [4.78, 5) is 25.2. The first-order valence-electron chi connectivity index (χ1n) is 12.3. The van der Waals surface area contributed by atoms with Crippen LogP contribution in [0.25, 0.3) is 0 Å². The van der Waals surface area contributed by atoms with Gasteiger partial charge in [0.1, 0.15) is 6.04 Å². The van der Waals surface area contributed by atoms with Crippen molar-refractivity contribution in [2.45, 2.75) is 76.0 Å². The van der Waals surface area contributed by atoms with Gasteiger partial charge in [-0.1, -0.05) is 50.1 Å². The summed E-state index contributed by atoms with van der Waals surface area (Å²) in [5.41, 5.74) is -3.70. The van der Waals surface area contributed by atoms with Crippen molar-refractivity contribution in [3.05, 3.63) is 70.8 Å². The monoisotopic (exact) mass is 544 g/mol. The van der Waals surface area contributed by atoms with Crippen molar-refractivity contribution in [1.82, 2.24) is 10.6 Å². The third-order valence-corrected chi connectivity index (χ3v) is 6.56. The largest absolute Gasteiger partial charge is 0.416 e. The van der Waals surface area contributed by atoms with Crippen molar-refractivity contribution < 1.29 is 40.7 Å². The highest BCUT2D eigenvalue weighted by Gasteiger charge is 2.46. The Kier molecular flexibility index (Phi) is 9.12. The Bertz CT molecular complexity index is 1090. The molecular weight excluding hydrogens is 514 g/mol. The van der Waals surface area contributed by atoms with E-state index in [0.29, 0.717) is 24.1 Å². The van der Waals surface area contributed by atoms with Gasteiger partial charge < -0.3 is 15.4 Å². The third kappa shape index (κ3) is 7.27. The van der Waals surface area contributed by atoms with Crippen LogP contribution in [-0.2, 0) is 32.2 Å². The Morgan fingerprint density at radius 2 is 1.66 bits per heavy atom. The number of hydrogen-bond donors (Lipinski definition) is 2. The summed E-state index contributed by atoms with van der Waals surface area (Å²) in [7, 11) is 0. The lowest BCUT2D eigenvalue weighted by molar-refractivity contribution is -0.143. The van der Waals surface area contributed by atoms with E-state index in [4.69, 9.17) is 4.74 Å². The fourth-order valence-electron chi connectivity index (χ4n) is 4.44. The number of halogens is 6. The average molecular weight is 545 g/mol. The van der Waals surface area contributed by atoms with Gasteiger partial charge in [0.2, 0.25) is 11.8 Å². The fourth-order valence-corrected chi connectivity index (χ4v) is 4.44. The second-order valence-corrected chi connectivity index (χ2v) is 9.51. The normalized spacial score (nSPS) is 20.7. The van der Waals surface area contributed by atoms with Gasteiger partial charge >= 0.3 is 12.4 Å². The zero-order valence-corrected chi connectivity index (χ0v) is 21.0. The first-order valence-corrected chi connectivity index (χ1v) is 12.3. The lowest BCUT2D eigenvalue weighted by atomic mass is 9.88. The summed E-state index contributed by atoms with van der Waals surface area (Å²) in [5.74, 6) is -0.729. The van der Waals surface area contributed by atoms with Crippen LogP contribution in [0.5, 0.6) is 0 Å². The number of amides is 2. The van der Waals surface area contributed by atoms with E-state index in [9.17, 15) is 35.9 Å². The van der Waals surface area contributed by atoms with Gasteiger partial charge in [-0.25, -0.2) is 0 Å². The van der Waals surface area contributed by atoms with Crippen molar-refractivity contribution in [1.29, 1.82) is 0 Å². The van der Waals surface area contributed by atoms with Gasteiger partial charge in [-0.15, -0.1) is 0 Å². The Morgan fingerprint density at radius 3 is 2.21 bits per heavy atom. The van der Waals surface area contributed by atoms with Crippen LogP contribution in [-0.4, -0.2) is 24.5 Å². The second-order valence-electron chi connectivity index (χ2n) is 9.51. The first-order chi connectivity index (χ1) is 17.7. The summed E-state index contributed by atoms with van der Waals surface area (Å²) in [6.07, 6.45) is -8.29. The van der Waals surface area contributed by atoms with Gasteiger partial charge in [0.05, 0.1) is 29.4 Å². The predicted octanol–water partition coefficient (Wildman–Crippen LogP) is 6.28. The standard InChI is InChI=1S/C27H30F6N2O3/c1-3-4-6-11-23(36)34-22-15-25(35-24(22)37,19-9-7-5-8-10-19)16-38-17(2)18-12-20(26(28,29)30)14-21(13-18)27(31,32)33/h5,7-10,12-14,17,22H,3-4,6,11,15-16H2,1-2H3,(H,34,36)(H,35,37)/t17-,22?,25-/m1/s1. The smallest absolute Gasteiger partial charge is 0.371 e. The summed E-state index contributed by atoms with van der Waals surface area (Å²) in [5, 5.41) is 5.57. The van der Waals surface area contributed by atoms with Gasteiger partial charge in [-0.3, -0.25) is 9.59 Å². The minimum absolute atomic E-state index is 0.0622. The minimum atomic E-state index is -4.98. The summed E-state index contributed by atoms with van der Waals surface area (Å²) < 4.78 is 85.7. The van der Waals surface area contributed by atoms with Crippen molar-refractivity contribution in [2.75, 3.05) is 6.61 Å². The van der Waals surface area contributed by atoms with E-state index < -0.39 is 47.1 Å². The molecule has 2 amide bonds. The van der Waals surface area contributed by atoms with Crippen molar-refractivity contribution in [3.8, 4) is 0 Å². The summed E-state index contributed by atoms with van der Waals surface area (Å²) in [6.45, 7) is 3.10. The van der Waals surface area contributed by atoms with Crippen molar-refractivity contribution in [2.24, 2.45) is 0 Å². The second kappa shape index (κ2) is 11.8. The highest BCUT2D eigenvalue weighted by Crippen LogP contribution is 2.39. The summed E-state index contributed by atoms with van der Waals surface area (Å²) in [6, 6.07) is 9.12. The molecule has 5 nitrogen and oxygen atoms in total. The number of nitrogens with one attached hydrogen (secondary N) is 2. The lowest BCUT2D eigenvalue weighted by Crippen LogP contribution is -2.43. The number of benzene rings is 2. The Morgan fingerprint density at radius 1 is 1.05 bits per heavy atom. The lowest BCUT2D eigenvalue weighted by Gasteiger charge is -2.31.